The van der Waals surface area contributed by atoms with E-state index in [1.807, 2.05) is 12.1 Å². The van der Waals surface area contributed by atoms with Crippen molar-refractivity contribution in [3.8, 4) is 0 Å². The summed E-state index contributed by atoms with van der Waals surface area (Å²) in [5.74, 6) is -0.193. The Morgan fingerprint density at radius 1 is 1.17 bits per heavy atom. The molecule has 2 amide bonds. The number of benzene rings is 1. The molecular weight excluding hydrogens is 504 g/mol. The Balaban J connectivity index is 1.45. The summed E-state index contributed by atoms with van der Waals surface area (Å²) in [4.78, 5) is 32.5. The summed E-state index contributed by atoms with van der Waals surface area (Å²) in [5.41, 5.74) is 6.52. The first-order valence-corrected chi connectivity index (χ1v) is 14.5. The number of likely N-dealkylation sites (tertiary alicyclic amines) is 1. The molecule has 1 unspecified atom stereocenters. The molecule has 196 valence electrons. The monoisotopic (exact) mass is 536 g/mol. The van der Waals surface area contributed by atoms with Crippen LogP contribution in [0.5, 0.6) is 0 Å². The summed E-state index contributed by atoms with van der Waals surface area (Å²) < 4.78 is 24.2. The van der Waals surface area contributed by atoms with Crippen LogP contribution in [0, 0.1) is 11.3 Å². The van der Waals surface area contributed by atoms with Gasteiger partial charge in [0.05, 0.1) is 17.7 Å². The molecule has 1 saturated heterocycles. The van der Waals surface area contributed by atoms with Gasteiger partial charge >= 0.3 is 0 Å². The Morgan fingerprint density at radius 3 is 2.39 bits per heavy atom. The quantitative estimate of drug-likeness (QED) is 0.553. The molecule has 0 bridgehead atoms. The number of carbonyl (C=O) groups is 2. The minimum Gasteiger partial charge on any atom is -0.341 e. The topological polar surface area (TPSA) is 140 Å². The number of aromatic nitrogens is 3. The number of rotatable bonds is 7. The van der Waals surface area contributed by atoms with Gasteiger partial charge in [0.1, 0.15) is 6.33 Å². The molecule has 2 aromatic rings. The second-order valence-electron chi connectivity index (χ2n) is 9.91. The van der Waals surface area contributed by atoms with Gasteiger partial charge in [-0.2, -0.15) is 4.98 Å². The van der Waals surface area contributed by atoms with Crippen LogP contribution in [0.25, 0.3) is 0 Å². The van der Waals surface area contributed by atoms with Gasteiger partial charge < -0.3 is 10.6 Å². The van der Waals surface area contributed by atoms with Crippen molar-refractivity contribution in [1.29, 1.82) is 0 Å². The first kappa shape index (κ1) is 26.6. The predicted octanol–water partition coefficient (Wildman–Crippen LogP) is 2.44. The summed E-state index contributed by atoms with van der Waals surface area (Å²) in [6.07, 6.45) is 8.69. The molecule has 1 aliphatic carbocycles. The highest BCUT2D eigenvalue weighted by molar-refractivity contribution is 7.89. The fourth-order valence-corrected chi connectivity index (χ4v) is 6.06. The molecule has 1 aliphatic heterocycles. The number of piperidine rings is 1. The van der Waals surface area contributed by atoms with E-state index in [0.29, 0.717) is 37.4 Å². The Morgan fingerprint density at radius 2 is 1.81 bits per heavy atom. The number of nitrogens with one attached hydrogen (secondary N) is 1. The smallest absolute Gasteiger partial charge is 0.252 e. The van der Waals surface area contributed by atoms with Gasteiger partial charge in [-0.25, -0.2) is 8.42 Å². The number of anilines is 1. The van der Waals surface area contributed by atoms with E-state index in [-0.39, 0.29) is 23.7 Å². The van der Waals surface area contributed by atoms with Crippen molar-refractivity contribution < 1.29 is 18.0 Å². The van der Waals surface area contributed by atoms with E-state index in [2.05, 4.69) is 15.4 Å². The number of carbonyl (C=O) groups excluding carboxylic acids is 2. The Bertz CT molecular complexity index is 1190. The number of halogens is 1. The predicted molar refractivity (Wildman–Crippen MR) is 137 cm³/mol. The highest BCUT2D eigenvalue weighted by Gasteiger charge is 2.48. The first-order chi connectivity index (χ1) is 17.1. The van der Waals surface area contributed by atoms with E-state index in [1.54, 1.807) is 17.0 Å². The summed E-state index contributed by atoms with van der Waals surface area (Å²) >= 11 is 5.95. The van der Waals surface area contributed by atoms with Gasteiger partial charge in [-0.15, -0.1) is 9.19 Å². The SMILES string of the molecule is CS(=O)(=O)n1cnc(NC(=O)C2(C3CCCCC3)CCN(C(=O)C(N)Cc3ccc(Cl)cc3)CC2)n1. The van der Waals surface area contributed by atoms with E-state index in [4.69, 9.17) is 17.3 Å². The summed E-state index contributed by atoms with van der Waals surface area (Å²) in [7, 11) is -3.60. The second kappa shape index (κ2) is 10.9. The third kappa shape index (κ3) is 5.90. The van der Waals surface area contributed by atoms with Gasteiger partial charge in [0.2, 0.25) is 17.8 Å². The maximum atomic E-state index is 13.6. The molecular formula is C24H33ClN6O4S. The lowest BCUT2D eigenvalue weighted by Gasteiger charge is -2.46. The van der Waals surface area contributed by atoms with Gasteiger partial charge in [0.25, 0.3) is 10.0 Å². The number of nitrogens with zero attached hydrogens (tertiary/aromatic N) is 4. The average Bonchev–Trinajstić information content (AvgIpc) is 3.35. The van der Waals surface area contributed by atoms with Gasteiger partial charge in [0.15, 0.2) is 0 Å². The maximum Gasteiger partial charge on any atom is 0.252 e. The van der Waals surface area contributed by atoms with Crippen molar-refractivity contribution in [1.82, 2.24) is 19.1 Å². The van der Waals surface area contributed by atoms with E-state index >= 15 is 0 Å². The van der Waals surface area contributed by atoms with Gasteiger partial charge in [0, 0.05) is 18.1 Å². The summed E-state index contributed by atoms with van der Waals surface area (Å²) in [6, 6.07) is 6.61. The van der Waals surface area contributed by atoms with Crippen LogP contribution >= 0.6 is 11.6 Å². The lowest BCUT2D eigenvalue weighted by Crippen LogP contribution is -2.55. The van der Waals surface area contributed by atoms with Crippen LogP contribution in [0.1, 0.15) is 50.5 Å². The van der Waals surface area contributed by atoms with E-state index in [0.717, 1.165) is 54.3 Å². The van der Waals surface area contributed by atoms with Crippen molar-refractivity contribution in [2.45, 2.75) is 57.4 Å². The van der Waals surface area contributed by atoms with Crippen molar-refractivity contribution in [2.24, 2.45) is 17.1 Å². The Hall–Kier alpha value is -2.50. The molecule has 0 spiro atoms. The molecule has 0 radical (unpaired) electrons. The molecule has 36 heavy (non-hydrogen) atoms. The molecule has 1 atom stereocenters. The highest BCUT2D eigenvalue weighted by Crippen LogP contribution is 2.46. The van der Waals surface area contributed by atoms with Crippen molar-refractivity contribution >= 4 is 39.4 Å². The normalized spacial score (nSPS) is 19.6. The minimum absolute atomic E-state index is 0.0379. The second-order valence-corrected chi connectivity index (χ2v) is 12.2. The van der Waals surface area contributed by atoms with E-state index in [1.165, 1.54) is 0 Å². The van der Waals surface area contributed by atoms with Crippen LogP contribution < -0.4 is 11.1 Å². The molecule has 1 aromatic heterocycles. The van der Waals surface area contributed by atoms with Gasteiger partial charge in [-0.3, -0.25) is 14.9 Å². The Kier molecular flexibility index (Phi) is 8.01. The molecule has 1 aromatic carbocycles. The van der Waals surface area contributed by atoms with Crippen LogP contribution in [0.2, 0.25) is 5.02 Å². The average molecular weight is 537 g/mol. The molecule has 10 nitrogen and oxygen atoms in total. The van der Waals surface area contributed by atoms with Crippen molar-refractivity contribution in [3.63, 3.8) is 0 Å². The van der Waals surface area contributed by atoms with Crippen LogP contribution in [-0.2, 0) is 26.0 Å². The van der Waals surface area contributed by atoms with Gasteiger partial charge in [-0.05, 0) is 55.7 Å². The molecule has 4 rings (SSSR count). The van der Waals surface area contributed by atoms with Crippen LogP contribution in [0.4, 0.5) is 5.95 Å². The van der Waals surface area contributed by atoms with Crippen LogP contribution in [0.3, 0.4) is 0 Å². The van der Waals surface area contributed by atoms with Gasteiger partial charge in [-0.1, -0.05) is 43.0 Å². The van der Waals surface area contributed by atoms with Crippen molar-refractivity contribution in [3.05, 3.63) is 41.2 Å². The molecule has 3 N–H and O–H groups in total. The molecule has 2 fully saturated rings. The third-order valence-corrected chi connectivity index (χ3v) is 8.64. The largest absolute Gasteiger partial charge is 0.341 e. The first-order valence-electron chi connectivity index (χ1n) is 12.3. The molecule has 1 saturated carbocycles. The number of nitrogens with two attached hydrogens (primary N) is 1. The maximum absolute atomic E-state index is 13.6. The zero-order chi connectivity index (χ0) is 25.9. The molecule has 2 aliphatic rings. The van der Waals surface area contributed by atoms with Crippen LogP contribution in [-0.4, -0.2) is 64.7 Å². The summed E-state index contributed by atoms with van der Waals surface area (Å²) in [5, 5.41) is 7.29. The fourth-order valence-electron chi connectivity index (χ4n) is 5.49. The standard InChI is InChI=1S/C24H33ClN6O4S/c1-36(34,35)31-16-27-23(29-31)28-22(33)24(18-5-3-2-4-6-18)11-13-30(14-12-24)21(32)20(26)15-17-7-9-19(25)10-8-17/h7-10,16,18,20H,2-6,11-15,26H2,1H3,(H,28,29,33). The highest BCUT2D eigenvalue weighted by atomic mass is 35.5. The zero-order valence-electron chi connectivity index (χ0n) is 20.4. The molecule has 2 heterocycles. The third-order valence-electron chi connectivity index (χ3n) is 7.53. The minimum atomic E-state index is -3.60. The number of amides is 2. The van der Waals surface area contributed by atoms with E-state index in [9.17, 15) is 18.0 Å². The Labute approximate surface area is 216 Å². The fraction of sp³-hybridized carbons (Fsp3) is 0.583. The molecule has 12 heteroatoms. The van der Waals surface area contributed by atoms with E-state index < -0.39 is 21.5 Å². The number of hydrogen-bond donors (Lipinski definition) is 2. The lowest BCUT2D eigenvalue weighted by atomic mass is 9.63. The summed E-state index contributed by atoms with van der Waals surface area (Å²) in [6.45, 7) is 0.866. The lowest BCUT2D eigenvalue weighted by molar-refractivity contribution is -0.142. The zero-order valence-corrected chi connectivity index (χ0v) is 22.0. The van der Waals surface area contributed by atoms with Crippen LogP contribution in [0.15, 0.2) is 30.6 Å². The number of hydrogen-bond acceptors (Lipinski definition) is 7. The van der Waals surface area contributed by atoms with Crippen molar-refractivity contribution in [2.75, 3.05) is 24.7 Å².